The Labute approximate surface area is 173 Å². The van der Waals surface area contributed by atoms with Gasteiger partial charge in [0, 0.05) is 24.2 Å². The standard InChI is InChI=1S/C20H23BrN2O4S/c21-17-5-3-16(4-6-17)20(10-13-27-14-11-20)19(24)23-12-9-15-1-7-18(8-2-15)28(22,25)26/h1-8H,9-14H2,(H,23,24)(H2,22,25,26). The van der Waals surface area contributed by atoms with Crippen molar-refractivity contribution in [3.63, 3.8) is 0 Å². The van der Waals surface area contributed by atoms with E-state index < -0.39 is 15.4 Å². The topological polar surface area (TPSA) is 98.5 Å². The Morgan fingerprint density at radius 1 is 1.07 bits per heavy atom. The lowest BCUT2D eigenvalue weighted by Gasteiger charge is -2.36. The summed E-state index contributed by atoms with van der Waals surface area (Å²) in [4.78, 5) is 13.2. The third-order valence-corrected chi connectivity index (χ3v) is 6.59. The second-order valence-electron chi connectivity index (χ2n) is 6.90. The van der Waals surface area contributed by atoms with Crippen molar-refractivity contribution < 1.29 is 17.9 Å². The summed E-state index contributed by atoms with van der Waals surface area (Å²) in [5.41, 5.74) is 1.34. The maximum atomic E-state index is 13.1. The molecule has 1 saturated heterocycles. The second kappa shape index (κ2) is 8.73. The lowest BCUT2D eigenvalue weighted by molar-refractivity contribution is -0.130. The molecule has 2 aromatic carbocycles. The molecular formula is C20H23BrN2O4S. The Morgan fingerprint density at radius 3 is 2.25 bits per heavy atom. The lowest BCUT2D eigenvalue weighted by atomic mass is 9.73. The number of hydrogen-bond donors (Lipinski definition) is 2. The van der Waals surface area contributed by atoms with Crippen molar-refractivity contribution in [3.05, 3.63) is 64.1 Å². The highest BCUT2D eigenvalue weighted by Crippen LogP contribution is 2.35. The number of nitrogens with one attached hydrogen (secondary N) is 1. The van der Waals surface area contributed by atoms with Crippen molar-refractivity contribution >= 4 is 31.9 Å². The van der Waals surface area contributed by atoms with Crippen LogP contribution >= 0.6 is 15.9 Å². The Bertz CT molecular complexity index is 922. The van der Waals surface area contributed by atoms with Crippen LogP contribution in [0.2, 0.25) is 0 Å². The van der Waals surface area contributed by atoms with Gasteiger partial charge in [-0.05, 0) is 54.7 Å². The molecule has 0 atom stereocenters. The van der Waals surface area contributed by atoms with E-state index in [4.69, 9.17) is 9.88 Å². The molecule has 0 saturated carbocycles. The lowest BCUT2D eigenvalue weighted by Crippen LogP contribution is -2.48. The molecule has 150 valence electrons. The molecule has 1 amide bonds. The first kappa shape index (κ1) is 21.0. The van der Waals surface area contributed by atoms with Gasteiger partial charge < -0.3 is 10.1 Å². The Morgan fingerprint density at radius 2 is 1.68 bits per heavy atom. The zero-order chi connectivity index (χ0) is 20.2. The molecule has 1 heterocycles. The molecule has 0 spiro atoms. The summed E-state index contributed by atoms with van der Waals surface area (Å²) in [7, 11) is -3.69. The van der Waals surface area contributed by atoms with E-state index in [1.165, 1.54) is 12.1 Å². The highest BCUT2D eigenvalue weighted by molar-refractivity contribution is 9.10. The van der Waals surface area contributed by atoms with Gasteiger partial charge in [0.05, 0.1) is 10.3 Å². The maximum absolute atomic E-state index is 13.1. The van der Waals surface area contributed by atoms with E-state index in [9.17, 15) is 13.2 Å². The fourth-order valence-corrected chi connectivity index (χ4v) is 4.25. The van der Waals surface area contributed by atoms with Crippen molar-refractivity contribution in [1.82, 2.24) is 5.32 Å². The molecule has 8 heteroatoms. The Kier molecular flexibility index (Phi) is 6.54. The highest BCUT2D eigenvalue weighted by atomic mass is 79.9. The third kappa shape index (κ3) is 4.81. The largest absolute Gasteiger partial charge is 0.381 e. The van der Waals surface area contributed by atoms with Crippen molar-refractivity contribution in [2.75, 3.05) is 19.8 Å². The van der Waals surface area contributed by atoms with E-state index in [1.54, 1.807) is 12.1 Å². The number of benzene rings is 2. The van der Waals surface area contributed by atoms with Crippen LogP contribution in [0.25, 0.3) is 0 Å². The number of carbonyl (C=O) groups is 1. The molecule has 3 rings (SSSR count). The second-order valence-corrected chi connectivity index (χ2v) is 9.37. The number of hydrogen-bond acceptors (Lipinski definition) is 4. The van der Waals surface area contributed by atoms with E-state index in [2.05, 4.69) is 21.2 Å². The van der Waals surface area contributed by atoms with Crippen molar-refractivity contribution in [3.8, 4) is 0 Å². The van der Waals surface area contributed by atoms with Crippen molar-refractivity contribution in [1.29, 1.82) is 0 Å². The first-order valence-electron chi connectivity index (χ1n) is 9.05. The van der Waals surface area contributed by atoms with E-state index in [-0.39, 0.29) is 10.8 Å². The quantitative estimate of drug-likeness (QED) is 0.682. The van der Waals surface area contributed by atoms with Gasteiger partial charge in [-0.3, -0.25) is 4.79 Å². The van der Waals surface area contributed by atoms with Gasteiger partial charge in [-0.1, -0.05) is 40.2 Å². The summed E-state index contributed by atoms with van der Waals surface area (Å²) >= 11 is 3.44. The first-order valence-corrected chi connectivity index (χ1v) is 11.4. The van der Waals surface area contributed by atoms with E-state index in [0.717, 1.165) is 15.6 Å². The molecule has 6 nitrogen and oxygen atoms in total. The fourth-order valence-electron chi connectivity index (χ4n) is 3.47. The maximum Gasteiger partial charge on any atom is 0.238 e. The van der Waals surface area contributed by atoms with Gasteiger partial charge in [0.1, 0.15) is 0 Å². The summed E-state index contributed by atoms with van der Waals surface area (Å²) < 4.78 is 29.1. The summed E-state index contributed by atoms with van der Waals surface area (Å²) in [5.74, 6) is -0.000668. The van der Waals surface area contributed by atoms with Gasteiger partial charge in [-0.15, -0.1) is 0 Å². The molecule has 1 aliphatic heterocycles. The minimum absolute atomic E-state index is 0.000668. The van der Waals surface area contributed by atoms with Crippen LogP contribution in [0.1, 0.15) is 24.0 Å². The van der Waals surface area contributed by atoms with Crippen molar-refractivity contribution in [2.45, 2.75) is 29.6 Å². The van der Waals surface area contributed by atoms with Crippen LogP contribution in [0.4, 0.5) is 0 Å². The monoisotopic (exact) mass is 466 g/mol. The van der Waals surface area contributed by atoms with Crippen LogP contribution in [0.5, 0.6) is 0 Å². The predicted octanol–water partition coefficient (Wildman–Crippen LogP) is 2.50. The highest BCUT2D eigenvalue weighted by Gasteiger charge is 2.41. The minimum atomic E-state index is -3.69. The van der Waals surface area contributed by atoms with Crippen LogP contribution < -0.4 is 10.5 Å². The number of sulfonamides is 1. The zero-order valence-corrected chi connectivity index (χ0v) is 17.8. The molecule has 0 aliphatic carbocycles. The molecule has 2 aromatic rings. The summed E-state index contributed by atoms with van der Waals surface area (Å²) in [6, 6.07) is 14.3. The van der Waals surface area contributed by atoms with Gasteiger partial charge in [0.2, 0.25) is 15.9 Å². The molecule has 0 bridgehead atoms. The normalized spacial score (nSPS) is 16.5. The summed E-state index contributed by atoms with van der Waals surface area (Å²) in [5, 5.41) is 8.16. The SMILES string of the molecule is NS(=O)(=O)c1ccc(CCNC(=O)C2(c3ccc(Br)cc3)CCOCC2)cc1. The summed E-state index contributed by atoms with van der Waals surface area (Å²) in [6.45, 7) is 1.57. The van der Waals surface area contributed by atoms with Gasteiger partial charge in [-0.2, -0.15) is 0 Å². The Hall–Kier alpha value is -1.74. The molecule has 0 aromatic heterocycles. The first-order chi connectivity index (χ1) is 13.3. The van der Waals surface area contributed by atoms with Gasteiger partial charge >= 0.3 is 0 Å². The number of rotatable bonds is 6. The van der Waals surface area contributed by atoms with Crippen LogP contribution in [0.3, 0.4) is 0 Å². The molecule has 1 aliphatic rings. The number of primary sulfonamides is 1. The van der Waals surface area contributed by atoms with Gasteiger partial charge in [-0.25, -0.2) is 13.6 Å². The van der Waals surface area contributed by atoms with Gasteiger partial charge in [0.25, 0.3) is 0 Å². The molecule has 3 N–H and O–H groups in total. The van der Waals surface area contributed by atoms with Crippen molar-refractivity contribution in [2.24, 2.45) is 5.14 Å². The Balaban J connectivity index is 1.67. The summed E-state index contributed by atoms with van der Waals surface area (Å²) in [6.07, 6.45) is 1.89. The van der Waals surface area contributed by atoms with Crippen LogP contribution in [0.15, 0.2) is 57.9 Å². The number of nitrogens with two attached hydrogens (primary N) is 1. The minimum Gasteiger partial charge on any atom is -0.381 e. The molecular weight excluding hydrogens is 444 g/mol. The van der Waals surface area contributed by atoms with E-state index in [1.807, 2.05) is 24.3 Å². The molecule has 0 radical (unpaired) electrons. The van der Waals surface area contributed by atoms with Gasteiger partial charge in [0.15, 0.2) is 0 Å². The molecule has 28 heavy (non-hydrogen) atoms. The molecule has 0 unspecified atom stereocenters. The average molecular weight is 467 g/mol. The van der Waals surface area contributed by atoms with E-state index >= 15 is 0 Å². The smallest absolute Gasteiger partial charge is 0.238 e. The fraction of sp³-hybridized carbons (Fsp3) is 0.350. The zero-order valence-electron chi connectivity index (χ0n) is 15.4. The van der Waals surface area contributed by atoms with Crippen LogP contribution in [0, 0.1) is 0 Å². The number of halogens is 1. The number of amides is 1. The number of ether oxygens (including phenoxy) is 1. The van der Waals surface area contributed by atoms with E-state index in [0.29, 0.717) is 39.0 Å². The third-order valence-electron chi connectivity index (χ3n) is 5.13. The number of carbonyl (C=O) groups excluding carboxylic acids is 1. The van der Waals surface area contributed by atoms with Crippen LogP contribution in [-0.4, -0.2) is 34.1 Å². The molecule has 1 fully saturated rings. The predicted molar refractivity (Wildman–Crippen MR) is 110 cm³/mol. The van der Waals surface area contributed by atoms with Crippen LogP contribution in [-0.2, 0) is 31.4 Å². The average Bonchev–Trinajstić information content (AvgIpc) is 2.68.